The van der Waals surface area contributed by atoms with E-state index in [9.17, 15) is 9.59 Å². The number of aryl methyl sites for hydroxylation is 1. The highest BCUT2D eigenvalue weighted by atomic mass is 16.2. The van der Waals surface area contributed by atoms with Crippen molar-refractivity contribution in [2.45, 2.75) is 12.8 Å². The number of carbonyl (C=O) groups is 2. The summed E-state index contributed by atoms with van der Waals surface area (Å²) in [7, 11) is 0. The lowest BCUT2D eigenvalue weighted by Gasteiger charge is -2.14. The molecule has 1 aromatic heterocycles. The molecule has 3 rings (SSSR count). The van der Waals surface area contributed by atoms with Crippen molar-refractivity contribution in [1.29, 1.82) is 0 Å². The molecule has 2 aromatic rings. The van der Waals surface area contributed by atoms with Gasteiger partial charge in [0.25, 0.3) is 0 Å². The van der Waals surface area contributed by atoms with Gasteiger partial charge in [-0.1, -0.05) is 24.3 Å². The van der Waals surface area contributed by atoms with Gasteiger partial charge in [0.2, 0.25) is 11.6 Å². The van der Waals surface area contributed by atoms with E-state index in [-0.39, 0.29) is 18.0 Å². The Balaban J connectivity index is 2.40. The Morgan fingerprint density at radius 3 is 2.75 bits per heavy atom. The SMILES string of the molecule is O=C1CCc2ncc3ccccc3c2C1=O. The van der Waals surface area contributed by atoms with Gasteiger partial charge in [-0.2, -0.15) is 0 Å². The fraction of sp³-hybridized carbons (Fsp3) is 0.154. The smallest absolute Gasteiger partial charge is 0.231 e. The second kappa shape index (κ2) is 3.23. The summed E-state index contributed by atoms with van der Waals surface area (Å²) in [6.07, 6.45) is 2.62. The molecule has 0 radical (unpaired) electrons. The molecule has 1 aromatic carbocycles. The van der Waals surface area contributed by atoms with Gasteiger partial charge in [-0.15, -0.1) is 0 Å². The van der Waals surface area contributed by atoms with Gasteiger partial charge in [0, 0.05) is 18.0 Å². The third kappa shape index (κ3) is 1.18. The Kier molecular flexibility index (Phi) is 1.86. The average molecular weight is 211 g/mol. The third-order valence-corrected chi connectivity index (χ3v) is 2.95. The zero-order valence-electron chi connectivity index (χ0n) is 8.56. The Bertz CT molecular complexity index is 616. The summed E-state index contributed by atoms with van der Waals surface area (Å²) in [5.74, 6) is -0.684. The van der Waals surface area contributed by atoms with Crippen LogP contribution in [0.1, 0.15) is 22.5 Å². The fourth-order valence-electron chi connectivity index (χ4n) is 2.13. The summed E-state index contributed by atoms with van der Waals surface area (Å²) in [5, 5.41) is 1.75. The van der Waals surface area contributed by atoms with E-state index in [1.54, 1.807) is 6.20 Å². The van der Waals surface area contributed by atoms with Crippen LogP contribution in [0.4, 0.5) is 0 Å². The molecule has 0 N–H and O–H groups in total. The molecule has 16 heavy (non-hydrogen) atoms. The Morgan fingerprint density at radius 1 is 1.06 bits per heavy atom. The van der Waals surface area contributed by atoms with Gasteiger partial charge < -0.3 is 0 Å². The number of ketones is 2. The molecule has 3 heteroatoms. The monoisotopic (exact) mass is 211 g/mol. The molecule has 0 spiro atoms. The van der Waals surface area contributed by atoms with Crippen LogP contribution in [0.25, 0.3) is 10.8 Å². The molecule has 0 saturated heterocycles. The van der Waals surface area contributed by atoms with Crippen molar-refractivity contribution in [3.8, 4) is 0 Å². The highest BCUT2D eigenvalue weighted by Gasteiger charge is 2.27. The van der Waals surface area contributed by atoms with Gasteiger partial charge >= 0.3 is 0 Å². The summed E-state index contributed by atoms with van der Waals surface area (Å²) in [4.78, 5) is 27.5. The normalized spacial score (nSPS) is 15.2. The number of carbonyl (C=O) groups excluding carboxylic acids is 2. The minimum Gasteiger partial charge on any atom is -0.290 e. The van der Waals surface area contributed by atoms with Crippen LogP contribution in [0.15, 0.2) is 30.5 Å². The van der Waals surface area contributed by atoms with Crippen LogP contribution in [0.2, 0.25) is 0 Å². The molecule has 0 amide bonds. The highest BCUT2D eigenvalue weighted by molar-refractivity contribution is 6.46. The molecule has 3 nitrogen and oxygen atoms in total. The van der Waals surface area contributed by atoms with Crippen LogP contribution >= 0.6 is 0 Å². The molecular weight excluding hydrogens is 202 g/mol. The summed E-state index contributed by atoms with van der Waals surface area (Å²) in [6.45, 7) is 0. The molecule has 0 fully saturated rings. The van der Waals surface area contributed by atoms with E-state index in [0.29, 0.717) is 12.0 Å². The summed E-state index contributed by atoms with van der Waals surface area (Å²) in [6, 6.07) is 7.53. The van der Waals surface area contributed by atoms with Crippen molar-refractivity contribution >= 4 is 22.3 Å². The number of rotatable bonds is 0. The van der Waals surface area contributed by atoms with Crippen molar-refractivity contribution in [3.63, 3.8) is 0 Å². The molecular formula is C13H9NO2. The van der Waals surface area contributed by atoms with Gasteiger partial charge in [0.1, 0.15) is 0 Å². The van der Waals surface area contributed by atoms with E-state index in [1.807, 2.05) is 24.3 Å². The minimum atomic E-state index is -0.384. The number of hydrogen-bond donors (Lipinski definition) is 0. The van der Waals surface area contributed by atoms with E-state index in [1.165, 1.54) is 0 Å². The lowest BCUT2D eigenvalue weighted by Crippen LogP contribution is -2.23. The van der Waals surface area contributed by atoms with E-state index in [2.05, 4.69) is 4.98 Å². The zero-order chi connectivity index (χ0) is 11.1. The van der Waals surface area contributed by atoms with Crippen molar-refractivity contribution in [1.82, 2.24) is 4.98 Å². The van der Waals surface area contributed by atoms with Crippen LogP contribution in [0, 0.1) is 0 Å². The Labute approximate surface area is 92.1 Å². The summed E-state index contributed by atoms with van der Waals surface area (Å²) in [5.41, 5.74) is 1.26. The standard InChI is InChI=1S/C13H9NO2/c15-11-6-5-10-12(13(11)16)9-4-2-1-3-8(9)7-14-10/h1-4,7H,5-6H2. The van der Waals surface area contributed by atoms with Crippen molar-refractivity contribution in [3.05, 3.63) is 41.7 Å². The van der Waals surface area contributed by atoms with Gasteiger partial charge in [-0.25, -0.2) is 0 Å². The summed E-state index contributed by atoms with van der Waals surface area (Å²) >= 11 is 0. The van der Waals surface area contributed by atoms with E-state index in [4.69, 9.17) is 0 Å². The first-order chi connectivity index (χ1) is 7.77. The number of aromatic nitrogens is 1. The van der Waals surface area contributed by atoms with Crippen LogP contribution < -0.4 is 0 Å². The number of benzene rings is 1. The maximum Gasteiger partial charge on any atom is 0.231 e. The van der Waals surface area contributed by atoms with Crippen molar-refractivity contribution < 1.29 is 9.59 Å². The molecule has 1 heterocycles. The van der Waals surface area contributed by atoms with E-state index >= 15 is 0 Å². The fourth-order valence-corrected chi connectivity index (χ4v) is 2.13. The predicted molar refractivity (Wildman–Crippen MR) is 59.4 cm³/mol. The van der Waals surface area contributed by atoms with Crippen LogP contribution in [-0.2, 0) is 11.2 Å². The van der Waals surface area contributed by atoms with Gasteiger partial charge in [0.15, 0.2) is 0 Å². The van der Waals surface area contributed by atoms with Gasteiger partial charge in [-0.05, 0) is 11.8 Å². The van der Waals surface area contributed by atoms with Gasteiger partial charge in [-0.3, -0.25) is 14.6 Å². The first-order valence-corrected chi connectivity index (χ1v) is 5.21. The van der Waals surface area contributed by atoms with Crippen LogP contribution in [-0.4, -0.2) is 16.6 Å². The molecule has 0 saturated carbocycles. The second-order valence-corrected chi connectivity index (χ2v) is 3.92. The maximum absolute atomic E-state index is 11.8. The first-order valence-electron chi connectivity index (χ1n) is 5.21. The second-order valence-electron chi connectivity index (χ2n) is 3.92. The Morgan fingerprint density at radius 2 is 1.88 bits per heavy atom. The first kappa shape index (κ1) is 9.21. The van der Waals surface area contributed by atoms with Crippen LogP contribution in [0.5, 0.6) is 0 Å². The number of nitrogens with zero attached hydrogens (tertiary/aromatic N) is 1. The average Bonchev–Trinajstić information content (AvgIpc) is 2.33. The lowest BCUT2D eigenvalue weighted by atomic mass is 9.90. The van der Waals surface area contributed by atoms with Crippen molar-refractivity contribution in [2.75, 3.05) is 0 Å². The molecule has 0 unspecified atom stereocenters. The lowest BCUT2D eigenvalue weighted by molar-refractivity contribution is -0.115. The van der Waals surface area contributed by atoms with Gasteiger partial charge in [0.05, 0.1) is 11.3 Å². The summed E-state index contributed by atoms with van der Waals surface area (Å²) < 4.78 is 0. The van der Waals surface area contributed by atoms with E-state index in [0.717, 1.165) is 16.5 Å². The van der Waals surface area contributed by atoms with Crippen molar-refractivity contribution in [2.24, 2.45) is 0 Å². The topological polar surface area (TPSA) is 47.0 Å². The number of fused-ring (bicyclic) bond motifs is 3. The molecule has 1 aliphatic rings. The highest BCUT2D eigenvalue weighted by Crippen LogP contribution is 2.25. The van der Waals surface area contributed by atoms with E-state index < -0.39 is 0 Å². The molecule has 78 valence electrons. The zero-order valence-corrected chi connectivity index (χ0v) is 8.56. The number of hydrogen-bond acceptors (Lipinski definition) is 3. The molecule has 0 bridgehead atoms. The number of Topliss-reactive ketones (excluding diaryl/α,β-unsaturated/α-hetero) is 2. The maximum atomic E-state index is 11.8. The third-order valence-electron chi connectivity index (χ3n) is 2.95. The van der Waals surface area contributed by atoms with Crippen LogP contribution in [0.3, 0.4) is 0 Å². The quantitative estimate of drug-likeness (QED) is 0.625. The predicted octanol–water partition coefficient (Wildman–Crippen LogP) is 1.93. The largest absolute Gasteiger partial charge is 0.290 e. The molecule has 1 aliphatic carbocycles. The molecule has 0 atom stereocenters. The number of pyridine rings is 1. The Hall–Kier alpha value is -2.03. The molecule has 0 aliphatic heterocycles. The minimum absolute atomic E-state index is 0.289.